The topological polar surface area (TPSA) is 66.5 Å². The summed E-state index contributed by atoms with van der Waals surface area (Å²) in [4.78, 5) is 12.8. The molecule has 0 amide bonds. The Kier molecular flexibility index (Phi) is 7.74. The maximum absolute atomic E-state index is 12.8. The molecule has 1 aromatic carbocycles. The van der Waals surface area contributed by atoms with Gasteiger partial charge in [0, 0.05) is 25.5 Å². The zero-order valence-electron chi connectivity index (χ0n) is 21.9. The highest BCUT2D eigenvalue weighted by molar-refractivity contribution is 5.87. The zero-order valence-corrected chi connectivity index (χ0v) is 21.9. The summed E-state index contributed by atoms with van der Waals surface area (Å²) in [7, 11) is 1.70. The van der Waals surface area contributed by atoms with Crippen LogP contribution in [0.15, 0.2) is 42.0 Å². The van der Waals surface area contributed by atoms with Crippen LogP contribution in [0, 0.1) is 5.92 Å². The van der Waals surface area contributed by atoms with Gasteiger partial charge >= 0.3 is 5.97 Å². The van der Waals surface area contributed by atoms with Crippen LogP contribution < -0.4 is 4.74 Å². The number of methoxy groups -OCH3 is 1. The fraction of sp³-hybridized carbons (Fsp3) is 0.621. The lowest BCUT2D eigenvalue weighted by atomic mass is 9.62. The van der Waals surface area contributed by atoms with Crippen molar-refractivity contribution in [1.82, 2.24) is 0 Å². The molecule has 0 bridgehead atoms. The van der Waals surface area contributed by atoms with E-state index in [4.69, 9.17) is 23.7 Å². The molecule has 0 aromatic heterocycles. The average molecular weight is 485 g/mol. The predicted octanol–water partition coefficient (Wildman–Crippen LogP) is 5.50. The van der Waals surface area contributed by atoms with Gasteiger partial charge in [-0.05, 0) is 77.7 Å². The molecular formula is C29H40O6. The highest BCUT2D eigenvalue weighted by Crippen LogP contribution is 2.58. The molecule has 1 aromatic rings. The molecule has 0 radical (unpaired) electrons. The van der Waals surface area contributed by atoms with Gasteiger partial charge in [-0.2, -0.15) is 0 Å². The predicted molar refractivity (Wildman–Crippen MR) is 135 cm³/mol. The molecule has 2 saturated heterocycles. The maximum Gasteiger partial charge on any atom is 0.331 e. The number of carbonyl (C=O) groups is 1. The number of hydrogen-bond donors (Lipinski definition) is 0. The standard InChI is InChI=1S/C29H40O6/c1-19(2)7-13-24-28(5,35-24)27-26(31-6)23(15-16-29(27)17-18-32-29)34-25(30)14-10-21-8-11-22(12-9-21)33-20(3)4/h7-12,14,20,23-24,26-27H,13,15-18H2,1-6H3/b14-10+/t23-,24?,26-,27?,28-,29+/m1/s1. The van der Waals surface area contributed by atoms with Crippen molar-refractivity contribution in [2.45, 2.75) is 95.9 Å². The van der Waals surface area contributed by atoms with E-state index in [9.17, 15) is 4.79 Å². The van der Waals surface area contributed by atoms with Crippen molar-refractivity contribution in [2.75, 3.05) is 13.7 Å². The summed E-state index contributed by atoms with van der Waals surface area (Å²) in [6.07, 6.45) is 8.50. The van der Waals surface area contributed by atoms with Crippen molar-refractivity contribution in [3.8, 4) is 5.75 Å². The van der Waals surface area contributed by atoms with Crippen LogP contribution in [0.2, 0.25) is 0 Å². The Morgan fingerprint density at radius 2 is 1.91 bits per heavy atom. The lowest BCUT2D eigenvalue weighted by Crippen LogP contribution is -2.65. The molecule has 6 nitrogen and oxygen atoms in total. The number of esters is 1. The van der Waals surface area contributed by atoms with E-state index in [-0.39, 0.29) is 47.5 Å². The molecule has 2 unspecified atom stereocenters. The zero-order chi connectivity index (χ0) is 25.2. The van der Waals surface area contributed by atoms with Crippen LogP contribution >= 0.6 is 0 Å². The Hall–Kier alpha value is -2.15. The quantitative estimate of drug-likeness (QED) is 0.200. The number of allylic oxidation sites excluding steroid dienone is 1. The second-order valence-electron chi connectivity index (χ2n) is 10.7. The van der Waals surface area contributed by atoms with Gasteiger partial charge in [0.25, 0.3) is 0 Å². The Bertz CT molecular complexity index is 940. The van der Waals surface area contributed by atoms with E-state index < -0.39 is 0 Å². The minimum atomic E-state index is -0.369. The van der Waals surface area contributed by atoms with Crippen molar-refractivity contribution in [2.24, 2.45) is 5.92 Å². The van der Waals surface area contributed by atoms with E-state index in [1.807, 2.05) is 38.1 Å². The maximum atomic E-state index is 12.8. The summed E-state index contributed by atoms with van der Waals surface area (Å²) < 4.78 is 30.1. The van der Waals surface area contributed by atoms with Crippen molar-refractivity contribution < 1.29 is 28.5 Å². The molecule has 1 saturated carbocycles. The van der Waals surface area contributed by atoms with Gasteiger partial charge in [0.2, 0.25) is 0 Å². The van der Waals surface area contributed by atoms with Crippen LogP contribution in [0.25, 0.3) is 6.08 Å². The molecule has 6 atom stereocenters. The summed E-state index contributed by atoms with van der Waals surface area (Å²) in [5.74, 6) is 0.446. The molecule has 1 spiro atoms. The third-order valence-electron chi connectivity index (χ3n) is 7.57. The normalized spacial score (nSPS) is 34.0. The lowest BCUT2D eigenvalue weighted by molar-refractivity contribution is -0.257. The molecule has 192 valence electrons. The average Bonchev–Trinajstić information content (AvgIpc) is 3.46. The Balaban J connectivity index is 1.43. The Morgan fingerprint density at radius 3 is 2.49 bits per heavy atom. The van der Waals surface area contributed by atoms with E-state index >= 15 is 0 Å². The largest absolute Gasteiger partial charge is 0.491 e. The number of epoxide rings is 1. The minimum Gasteiger partial charge on any atom is -0.491 e. The molecular weight excluding hydrogens is 444 g/mol. The van der Waals surface area contributed by atoms with Gasteiger partial charge in [0.1, 0.15) is 23.6 Å². The molecule has 2 heterocycles. The van der Waals surface area contributed by atoms with Crippen LogP contribution in [-0.2, 0) is 23.7 Å². The van der Waals surface area contributed by atoms with E-state index in [0.29, 0.717) is 6.42 Å². The second kappa shape index (κ2) is 10.5. The molecule has 6 heteroatoms. The Labute approximate surface area is 209 Å². The van der Waals surface area contributed by atoms with Crippen LogP contribution in [0.3, 0.4) is 0 Å². The molecule has 0 N–H and O–H groups in total. The van der Waals surface area contributed by atoms with Crippen LogP contribution in [0.4, 0.5) is 0 Å². The SMILES string of the molecule is CO[C@H]1C([C@]2(C)OC2CC=C(C)C)[C@@]2(CCO2)CC[C@H]1OC(=O)/C=C/c1ccc(OC(C)C)cc1. The van der Waals surface area contributed by atoms with E-state index in [1.165, 1.54) is 11.6 Å². The van der Waals surface area contributed by atoms with Crippen molar-refractivity contribution in [3.05, 3.63) is 47.6 Å². The van der Waals surface area contributed by atoms with Gasteiger partial charge in [-0.15, -0.1) is 0 Å². The second-order valence-corrected chi connectivity index (χ2v) is 10.7. The van der Waals surface area contributed by atoms with E-state index in [2.05, 4.69) is 26.8 Å². The molecule has 3 fully saturated rings. The first-order valence-electron chi connectivity index (χ1n) is 12.8. The van der Waals surface area contributed by atoms with Crippen molar-refractivity contribution in [1.29, 1.82) is 0 Å². The van der Waals surface area contributed by atoms with Crippen LogP contribution in [-0.4, -0.2) is 55.3 Å². The Morgan fingerprint density at radius 1 is 1.20 bits per heavy atom. The monoisotopic (exact) mass is 484 g/mol. The summed E-state index contributed by atoms with van der Waals surface area (Å²) in [6.45, 7) is 11.1. The van der Waals surface area contributed by atoms with Gasteiger partial charge in [0.05, 0.1) is 24.4 Å². The van der Waals surface area contributed by atoms with E-state index in [0.717, 1.165) is 37.2 Å². The summed E-state index contributed by atoms with van der Waals surface area (Å²) in [5.41, 5.74) is 1.58. The van der Waals surface area contributed by atoms with Gasteiger partial charge in [0.15, 0.2) is 0 Å². The molecule has 3 aliphatic rings. The number of benzene rings is 1. The number of carbonyl (C=O) groups excluding carboxylic acids is 1. The first kappa shape index (κ1) is 25.9. The smallest absolute Gasteiger partial charge is 0.331 e. The first-order chi connectivity index (χ1) is 16.7. The van der Waals surface area contributed by atoms with E-state index in [1.54, 1.807) is 13.2 Å². The number of ether oxygens (including phenoxy) is 5. The summed E-state index contributed by atoms with van der Waals surface area (Å²) in [6, 6.07) is 7.65. The fourth-order valence-corrected chi connectivity index (χ4v) is 5.74. The van der Waals surface area contributed by atoms with Crippen molar-refractivity contribution >= 4 is 12.0 Å². The molecule has 35 heavy (non-hydrogen) atoms. The summed E-state index contributed by atoms with van der Waals surface area (Å²) >= 11 is 0. The highest BCUT2D eigenvalue weighted by atomic mass is 16.6. The number of rotatable bonds is 9. The van der Waals surface area contributed by atoms with Crippen LogP contribution in [0.5, 0.6) is 5.75 Å². The first-order valence-corrected chi connectivity index (χ1v) is 12.8. The summed E-state index contributed by atoms with van der Waals surface area (Å²) in [5, 5.41) is 0. The van der Waals surface area contributed by atoms with Gasteiger partial charge in [-0.3, -0.25) is 0 Å². The minimum absolute atomic E-state index is 0.00773. The molecule has 2 aliphatic heterocycles. The highest BCUT2D eigenvalue weighted by Gasteiger charge is 2.69. The fourth-order valence-electron chi connectivity index (χ4n) is 5.74. The molecule has 1 aliphatic carbocycles. The molecule has 4 rings (SSSR count). The third kappa shape index (κ3) is 5.65. The number of hydrogen-bond acceptors (Lipinski definition) is 6. The lowest BCUT2D eigenvalue weighted by Gasteiger charge is -2.55. The van der Waals surface area contributed by atoms with Gasteiger partial charge in [-0.1, -0.05) is 23.8 Å². The van der Waals surface area contributed by atoms with Gasteiger partial charge in [-0.25, -0.2) is 4.79 Å². The van der Waals surface area contributed by atoms with Crippen molar-refractivity contribution in [3.63, 3.8) is 0 Å². The third-order valence-corrected chi connectivity index (χ3v) is 7.57. The van der Waals surface area contributed by atoms with Crippen LogP contribution in [0.1, 0.15) is 65.9 Å². The van der Waals surface area contributed by atoms with Gasteiger partial charge < -0.3 is 23.7 Å².